The van der Waals surface area contributed by atoms with Crippen LogP contribution in [0, 0.1) is 5.92 Å². The highest BCUT2D eigenvalue weighted by atomic mass is 16.2. The van der Waals surface area contributed by atoms with Crippen molar-refractivity contribution in [2.75, 3.05) is 36.8 Å². The van der Waals surface area contributed by atoms with Gasteiger partial charge >= 0.3 is 0 Å². The molecule has 1 unspecified atom stereocenters. The number of rotatable bonds is 2. The monoisotopic (exact) mass is 303 g/mol. The van der Waals surface area contributed by atoms with Gasteiger partial charge in [-0.3, -0.25) is 9.59 Å². The summed E-state index contributed by atoms with van der Waals surface area (Å²) in [6.45, 7) is 6.18. The van der Waals surface area contributed by atoms with Crippen molar-refractivity contribution < 1.29 is 9.59 Å². The van der Waals surface area contributed by atoms with E-state index in [1.165, 1.54) is 0 Å². The van der Waals surface area contributed by atoms with Gasteiger partial charge in [-0.05, 0) is 44.0 Å². The molecule has 1 aromatic carbocycles. The third-order valence-electron chi connectivity index (χ3n) is 4.41. The molecule has 1 amide bonds. The minimum Gasteiger partial charge on any atom is -0.399 e. The van der Waals surface area contributed by atoms with Crippen LogP contribution in [0.4, 0.5) is 11.4 Å². The fraction of sp³-hybridized carbons (Fsp3) is 0.529. The van der Waals surface area contributed by atoms with Gasteiger partial charge in [-0.15, -0.1) is 0 Å². The molecule has 1 aliphatic heterocycles. The zero-order valence-electron chi connectivity index (χ0n) is 13.4. The van der Waals surface area contributed by atoms with E-state index in [2.05, 4.69) is 4.90 Å². The number of hydrogen-bond acceptors (Lipinski definition) is 4. The first-order valence-corrected chi connectivity index (χ1v) is 7.84. The van der Waals surface area contributed by atoms with Gasteiger partial charge in [0.15, 0.2) is 0 Å². The van der Waals surface area contributed by atoms with Crippen LogP contribution in [0.2, 0.25) is 0 Å². The number of ketones is 1. The Morgan fingerprint density at radius 2 is 1.64 bits per heavy atom. The number of amides is 1. The Morgan fingerprint density at radius 3 is 2.23 bits per heavy atom. The Bertz CT molecular complexity index is 501. The maximum Gasteiger partial charge on any atom is 0.219 e. The Morgan fingerprint density at radius 1 is 1.00 bits per heavy atom. The van der Waals surface area contributed by atoms with Crippen molar-refractivity contribution in [3.05, 3.63) is 24.3 Å². The standard InChI is InChI=1S/C17H25N3O2/c1-13(21)15-7-9-19(14(2)22)11-12-20(10-8-15)17-5-3-16(18)4-6-17/h3-6,15H,7-12,18H2,1-2H3. The highest BCUT2D eigenvalue weighted by molar-refractivity contribution is 5.78. The summed E-state index contributed by atoms with van der Waals surface area (Å²) in [7, 11) is 0. The fourth-order valence-electron chi connectivity index (χ4n) is 2.90. The molecule has 1 fully saturated rings. The van der Waals surface area contributed by atoms with Crippen LogP contribution in [0.5, 0.6) is 0 Å². The Hall–Kier alpha value is -2.04. The summed E-state index contributed by atoms with van der Waals surface area (Å²) >= 11 is 0. The molecular formula is C17H25N3O2. The third-order valence-corrected chi connectivity index (χ3v) is 4.41. The SMILES string of the molecule is CC(=O)C1CCN(C(C)=O)CCN(c2ccc(N)cc2)CC1. The molecule has 1 saturated heterocycles. The third kappa shape index (κ3) is 4.23. The van der Waals surface area contributed by atoms with Crippen molar-refractivity contribution in [1.29, 1.82) is 0 Å². The van der Waals surface area contributed by atoms with Crippen LogP contribution in [0.3, 0.4) is 0 Å². The zero-order chi connectivity index (χ0) is 16.1. The number of nitrogen functional groups attached to an aromatic ring is 1. The minimum atomic E-state index is 0.0243. The number of anilines is 2. The second kappa shape index (κ2) is 7.29. The topological polar surface area (TPSA) is 66.6 Å². The maximum atomic E-state index is 11.8. The molecule has 0 radical (unpaired) electrons. The van der Waals surface area contributed by atoms with Crippen molar-refractivity contribution in [3.8, 4) is 0 Å². The Labute approximate surface area is 132 Å². The van der Waals surface area contributed by atoms with Crippen molar-refractivity contribution in [2.24, 2.45) is 5.92 Å². The van der Waals surface area contributed by atoms with Gasteiger partial charge in [-0.1, -0.05) is 0 Å². The van der Waals surface area contributed by atoms with Gasteiger partial charge in [0.1, 0.15) is 5.78 Å². The molecule has 0 saturated carbocycles. The van der Waals surface area contributed by atoms with Crippen LogP contribution in [-0.2, 0) is 9.59 Å². The van der Waals surface area contributed by atoms with Gasteiger partial charge in [-0.25, -0.2) is 0 Å². The highest BCUT2D eigenvalue weighted by Gasteiger charge is 2.21. The van der Waals surface area contributed by atoms with Gasteiger partial charge in [0.25, 0.3) is 0 Å². The van der Waals surface area contributed by atoms with E-state index >= 15 is 0 Å². The summed E-state index contributed by atoms with van der Waals surface area (Å²) in [5.41, 5.74) is 7.57. The van der Waals surface area contributed by atoms with Gasteiger partial charge < -0.3 is 15.5 Å². The van der Waals surface area contributed by atoms with Gasteiger partial charge in [0, 0.05) is 50.4 Å². The first kappa shape index (κ1) is 16.3. The normalized spacial score (nSPS) is 20.0. The predicted octanol–water partition coefficient (Wildman–Crippen LogP) is 1.92. The van der Waals surface area contributed by atoms with Crippen LogP contribution >= 0.6 is 0 Å². The van der Waals surface area contributed by atoms with Crippen LogP contribution in [0.15, 0.2) is 24.3 Å². The van der Waals surface area contributed by atoms with Crippen LogP contribution < -0.4 is 10.6 Å². The van der Waals surface area contributed by atoms with Crippen LogP contribution in [-0.4, -0.2) is 42.8 Å². The quantitative estimate of drug-likeness (QED) is 0.848. The van der Waals surface area contributed by atoms with E-state index in [4.69, 9.17) is 5.73 Å². The summed E-state index contributed by atoms with van der Waals surface area (Å²) < 4.78 is 0. The molecule has 120 valence electrons. The molecule has 1 aromatic rings. The molecule has 0 bridgehead atoms. The van der Waals surface area contributed by atoms with Crippen molar-refractivity contribution in [1.82, 2.24) is 4.90 Å². The summed E-state index contributed by atoms with van der Waals surface area (Å²) in [4.78, 5) is 27.6. The van der Waals surface area contributed by atoms with Gasteiger partial charge in [0.2, 0.25) is 5.91 Å². The zero-order valence-corrected chi connectivity index (χ0v) is 13.4. The van der Waals surface area contributed by atoms with Crippen LogP contribution in [0.1, 0.15) is 26.7 Å². The Balaban J connectivity index is 2.17. The number of hydrogen-bond donors (Lipinski definition) is 1. The van der Waals surface area contributed by atoms with E-state index in [0.717, 1.165) is 37.3 Å². The number of carbonyl (C=O) groups is 2. The second-order valence-electron chi connectivity index (χ2n) is 5.97. The molecular weight excluding hydrogens is 278 g/mol. The summed E-state index contributed by atoms with van der Waals surface area (Å²) in [6.07, 6.45) is 1.58. The number of nitrogens with zero attached hydrogens (tertiary/aromatic N) is 2. The van der Waals surface area contributed by atoms with Crippen molar-refractivity contribution in [2.45, 2.75) is 26.7 Å². The van der Waals surface area contributed by atoms with Crippen molar-refractivity contribution >= 4 is 23.1 Å². The largest absolute Gasteiger partial charge is 0.399 e. The molecule has 5 heteroatoms. The summed E-state index contributed by atoms with van der Waals surface area (Å²) in [5, 5.41) is 0. The van der Waals surface area contributed by atoms with Crippen LogP contribution in [0.25, 0.3) is 0 Å². The lowest BCUT2D eigenvalue weighted by molar-refractivity contribution is -0.129. The first-order valence-electron chi connectivity index (χ1n) is 7.84. The molecule has 1 heterocycles. The smallest absolute Gasteiger partial charge is 0.219 e. The number of Topliss-reactive ketones (excluding diaryl/α,β-unsaturated/α-hetero) is 1. The molecule has 1 atom stereocenters. The van der Waals surface area contributed by atoms with E-state index in [9.17, 15) is 9.59 Å². The van der Waals surface area contributed by atoms with E-state index in [1.54, 1.807) is 13.8 Å². The molecule has 22 heavy (non-hydrogen) atoms. The molecule has 1 aliphatic rings. The number of benzene rings is 1. The van der Waals surface area contributed by atoms with E-state index in [-0.39, 0.29) is 17.6 Å². The molecule has 0 aromatic heterocycles. The van der Waals surface area contributed by atoms with E-state index < -0.39 is 0 Å². The molecule has 5 nitrogen and oxygen atoms in total. The minimum absolute atomic E-state index is 0.0243. The van der Waals surface area contributed by atoms with E-state index in [0.29, 0.717) is 13.1 Å². The fourth-order valence-corrected chi connectivity index (χ4v) is 2.90. The lowest BCUT2D eigenvalue weighted by atomic mass is 9.97. The summed E-state index contributed by atoms with van der Waals surface area (Å²) in [5.74, 6) is 0.306. The maximum absolute atomic E-state index is 11.8. The molecule has 0 aliphatic carbocycles. The average molecular weight is 303 g/mol. The second-order valence-corrected chi connectivity index (χ2v) is 5.97. The lowest BCUT2D eigenvalue weighted by Crippen LogP contribution is -2.37. The lowest BCUT2D eigenvalue weighted by Gasteiger charge is -2.27. The number of nitrogens with two attached hydrogens (primary N) is 1. The number of carbonyl (C=O) groups excluding carboxylic acids is 2. The molecule has 2 rings (SSSR count). The highest BCUT2D eigenvalue weighted by Crippen LogP contribution is 2.21. The molecule has 2 N–H and O–H groups in total. The molecule has 0 spiro atoms. The first-order chi connectivity index (χ1) is 10.5. The average Bonchev–Trinajstić information content (AvgIpc) is 2.58. The Kier molecular flexibility index (Phi) is 5.41. The van der Waals surface area contributed by atoms with Gasteiger partial charge in [0.05, 0.1) is 0 Å². The predicted molar refractivity (Wildman–Crippen MR) is 88.7 cm³/mol. The summed E-state index contributed by atoms with van der Waals surface area (Å²) in [6, 6.07) is 7.75. The van der Waals surface area contributed by atoms with E-state index in [1.807, 2.05) is 29.2 Å². The van der Waals surface area contributed by atoms with Crippen molar-refractivity contribution in [3.63, 3.8) is 0 Å². The van der Waals surface area contributed by atoms with Gasteiger partial charge in [-0.2, -0.15) is 0 Å².